The van der Waals surface area contributed by atoms with Gasteiger partial charge in [-0.25, -0.2) is 0 Å². The van der Waals surface area contributed by atoms with Crippen LogP contribution < -0.4 is 0 Å². The van der Waals surface area contributed by atoms with E-state index in [1.807, 2.05) is 24.3 Å². The molecule has 0 bridgehead atoms. The van der Waals surface area contributed by atoms with Crippen LogP contribution in [0.2, 0.25) is 5.02 Å². The fraction of sp³-hybridized carbons (Fsp3) is 0.176. The van der Waals surface area contributed by atoms with Crippen LogP contribution in [-0.2, 0) is 6.42 Å². The van der Waals surface area contributed by atoms with Crippen molar-refractivity contribution in [3.8, 4) is 11.1 Å². The summed E-state index contributed by atoms with van der Waals surface area (Å²) in [6.45, 7) is 4.42. The quantitative estimate of drug-likeness (QED) is 0.229. The van der Waals surface area contributed by atoms with Crippen molar-refractivity contribution in [2.45, 2.75) is 39.5 Å². The van der Waals surface area contributed by atoms with E-state index in [-0.39, 0.29) is 0 Å². The number of hydrogen-bond acceptors (Lipinski definition) is 2. The molecule has 0 atom stereocenters. The molecule has 1 heterocycles. The summed E-state index contributed by atoms with van der Waals surface area (Å²) in [4.78, 5) is 0. The third-order valence-corrected chi connectivity index (χ3v) is 8.02. The molecule has 0 saturated carbocycles. The zero-order valence-corrected chi connectivity index (χ0v) is 22.0. The fourth-order valence-corrected chi connectivity index (χ4v) is 6.13. The second-order valence-corrected chi connectivity index (χ2v) is 10.4. The van der Waals surface area contributed by atoms with E-state index in [4.69, 9.17) is 11.6 Å². The zero-order valence-electron chi connectivity index (χ0n) is 21.3. The van der Waals surface area contributed by atoms with Gasteiger partial charge in [0.2, 0.25) is 0 Å². The third-order valence-electron chi connectivity index (χ3n) is 7.69. The van der Waals surface area contributed by atoms with Crippen LogP contribution in [0, 0.1) is 13.8 Å². The summed E-state index contributed by atoms with van der Waals surface area (Å²) in [5, 5.41) is 13.2. The molecule has 0 saturated heterocycles. The van der Waals surface area contributed by atoms with Crippen molar-refractivity contribution in [2.24, 2.45) is 0 Å². The maximum absolute atomic E-state index is 6.65. The highest BCUT2D eigenvalue weighted by molar-refractivity contribution is 6.36. The molecule has 7 rings (SSSR count). The van der Waals surface area contributed by atoms with E-state index in [0.29, 0.717) is 0 Å². The molecule has 0 fully saturated rings. The van der Waals surface area contributed by atoms with Crippen molar-refractivity contribution in [3.63, 3.8) is 0 Å². The molecule has 182 valence electrons. The van der Waals surface area contributed by atoms with Crippen LogP contribution in [0.3, 0.4) is 0 Å². The van der Waals surface area contributed by atoms with Gasteiger partial charge in [0.1, 0.15) is 0 Å². The van der Waals surface area contributed by atoms with Crippen LogP contribution in [-0.4, -0.2) is 10.2 Å². The second kappa shape index (κ2) is 9.95. The van der Waals surface area contributed by atoms with E-state index < -0.39 is 0 Å². The average Bonchev–Trinajstić information content (AvgIpc) is 2.94. The molecule has 37 heavy (non-hydrogen) atoms. The predicted octanol–water partition coefficient (Wildman–Crippen LogP) is 9.46. The number of aromatic nitrogens is 2. The lowest BCUT2D eigenvalue weighted by molar-refractivity contribution is 0.831. The van der Waals surface area contributed by atoms with E-state index in [1.54, 1.807) is 18.0 Å². The van der Waals surface area contributed by atoms with Crippen LogP contribution >= 0.6 is 11.6 Å². The molecule has 1 aromatic heterocycles. The Hall–Kier alpha value is -3.75. The number of aryl methyl sites for hydroxylation is 3. The van der Waals surface area contributed by atoms with Gasteiger partial charge in [0, 0.05) is 21.2 Å². The highest BCUT2D eigenvalue weighted by Crippen LogP contribution is 2.45. The van der Waals surface area contributed by atoms with Crippen LogP contribution in [0.1, 0.15) is 41.5 Å². The Morgan fingerprint density at radius 2 is 1.41 bits per heavy atom. The lowest BCUT2D eigenvalue weighted by Crippen LogP contribution is -2.07. The highest BCUT2D eigenvalue weighted by Gasteiger charge is 2.23. The topological polar surface area (TPSA) is 25.8 Å². The third kappa shape index (κ3) is 4.36. The standard InChI is InChI=1S/C26H23Cl.C8H6N2/c1-16-6-5-7-17(2)25(16)23-14-15-24(27)22-13-12-20-19-9-4-3-8-18(19)10-11-21(20)26(22)23;1-2-4-8-6-10-9-5-7(8)3-1/h4-7,9,12-15H,3,8,10-11H2,1-2H3;1-6H. The Labute approximate surface area is 223 Å². The van der Waals surface area contributed by atoms with Crippen molar-refractivity contribution in [2.75, 3.05) is 0 Å². The molecule has 0 radical (unpaired) electrons. The Morgan fingerprint density at radius 3 is 2.14 bits per heavy atom. The van der Waals surface area contributed by atoms with Gasteiger partial charge in [-0.1, -0.05) is 90.0 Å². The lowest BCUT2D eigenvalue weighted by atomic mass is 9.78. The number of nitrogens with zero attached hydrogens (tertiary/aromatic N) is 2. The maximum Gasteiger partial charge on any atom is 0.0574 e. The summed E-state index contributed by atoms with van der Waals surface area (Å²) >= 11 is 6.65. The molecule has 0 unspecified atom stereocenters. The monoisotopic (exact) mass is 500 g/mol. The number of allylic oxidation sites excluding steroid dienone is 4. The lowest BCUT2D eigenvalue weighted by Gasteiger charge is -2.27. The number of benzene rings is 4. The van der Waals surface area contributed by atoms with Crippen LogP contribution in [0.5, 0.6) is 0 Å². The first-order valence-electron chi connectivity index (χ1n) is 13.0. The van der Waals surface area contributed by atoms with Crippen molar-refractivity contribution < 1.29 is 0 Å². The Bertz CT molecular complexity index is 1630. The first-order valence-corrected chi connectivity index (χ1v) is 13.3. The summed E-state index contributed by atoms with van der Waals surface area (Å²) in [5.74, 6) is 0. The minimum absolute atomic E-state index is 0.849. The Morgan fingerprint density at radius 1 is 0.703 bits per heavy atom. The summed E-state index contributed by atoms with van der Waals surface area (Å²) in [7, 11) is 0. The Kier molecular flexibility index (Phi) is 6.36. The summed E-state index contributed by atoms with van der Waals surface area (Å²) in [6, 6.07) is 23.4. The minimum Gasteiger partial charge on any atom is -0.158 e. The molecular weight excluding hydrogens is 472 g/mol. The van der Waals surface area contributed by atoms with Gasteiger partial charge in [-0.3, -0.25) is 0 Å². The maximum atomic E-state index is 6.65. The van der Waals surface area contributed by atoms with Crippen LogP contribution in [0.4, 0.5) is 0 Å². The van der Waals surface area contributed by atoms with Crippen LogP contribution in [0.25, 0.3) is 38.2 Å². The van der Waals surface area contributed by atoms with E-state index in [2.05, 4.69) is 78.7 Å². The minimum atomic E-state index is 0.849. The summed E-state index contributed by atoms with van der Waals surface area (Å²) in [5.41, 5.74) is 11.3. The molecule has 4 aromatic carbocycles. The van der Waals surface area contributed by atoms with Gasteiger partial charge in [0.05, 0.1) is 12.4 Å². The van der Waals surface area contributed by atoms with Gasteiger partial charge < -0.3 is 0 Å². The van der Waals surface area contributed by atoms with Gasteiger partial charge in [-0.15, -0.1) is 0 Å². The number of halogens is 1. The first kappa shape index (κ1) is 23.6. The molecule has 3 heteroatoms. The largest absolute Gasteiger partial charge is 0.158 e. The van der Waals surface area contributed by atoms with Crippen molar-refractivity contribution in [1.82, 2.24) is 10.2 Å². The molecule has 0 N–H and O–H groups in total. The molecule has 0 amide bonds. The summed E-state index contributed by atoms with van der Waals surface area (Å²) < 4.78 is 0. The predicted molar refractivity (Wildman–Crippen MR) is 157 cm³/mol. The molecule has 2 aliphatic carbocycles. The van der Waals surface area contributed by atoms with Gasteiger partial charge in [0.25, 0.3) is 0 Å². The number of hydrogen-bond donors (Lipinski definition) is 0. The van der Waals surface area contributed by atoms with E-state index in [9.17, 15) is 0 Å². The number of fused-ring (bicyclic) bond motifs is 5. The second-order valence-electron chi connectivity index (χ2n) is 9.95. The SMILES string of the molecule is Cc1cccc(C)c1-c1ccc(Cl)c2ccc3c(c12)CCC1=C3C=CCC1.c1ccc2cnncc2c1. The normalized spacial score (nSPS) is 14.2. The van der Waals surface area contributed by atoms with Crippen molar-refractivity contribution in [1.29, 1.82) is 0 Å². The fourth-order valence-electron chi connectivity index (χ4n) is 5.91. The first-order chi connectivity index (χ1) is 18.1. The van der Waals surface area contributed by atoms with Crippen molar-refractivity contribution in [3.05, 3.63) is 124 Å². The van der Waals surface area contributed by atoms with Gasteiger partial charge >= 0.3 is 0 Å². The molecular formula is C34H29ClN2. The van der Waals surface area contributed by atoms with Gasteiger partial charge in [0.15, 0.2) is 0 Å². The van der Waals surface area contributed by atoms with Gasteiger partial charge in [-0.2, -0.15) is 10.2 Å². The molecule has 2 nitrogen and oxygen atoms in total. The zero-order chi connectivity index (χ0) is 25.4. The average molecular weight is 501 g/mol. The van der Waals surface area contributed by atoms with E-state index in [1.165, 1.54) is 69.0 Å². The molecule has 0 aliphatic heterocycles. The van der Waals surface area contributed by atoms with Crippen LogP contribution in [0.15, 0.2) is 96.8 Å². The Balaban J connectivity index is 0.000000210. The molecule has 2 aliphatic rings. The summed E-state index contributed by atoms with van der Waals surface area (Å²) in [6.07, 6.45) is 12.9. The van der Waals surface area contributed by atoms with Crippen molar-refractivity contribution >= 4 is 38.7 Å². The highest BCUT2D eigenvalue weighted by atomic mass is 35.5. The van der Waals surface area contributed by atoms with Gasteiger partial charge in [-0.05, 0) is 89.9 Å². The molecule has 5 aromatic rings. The van der Waals surface area contributed by atoms with E-state index >= 15 is 0 Å². The van der Waals surface area contributed by atoms with E-state index in [0.717, 1.165) is 22.2 Å². The number of rotatable bonds is 1. The smallest absolute Gasteiger partial charge is 0.0574 e. The molecule has 0 spiro atoms.